The van der Waals surface area contributed by atoms with Crippen LogP contribution >= 0.6 is 11.8 Å². The summed E-state index contributed by atoms with van der Waals surface area (Å²) in [6.45, 7) is 0. The molecule has 1 aromatic heterocycles. The van der Waals surface area contributed by atoms with Gasteiger partial charge in [0.05, 0.1) is 9.82 Å². The van der Waals surface area contributed by atoms with Gasteiger partial charge in [0.1, 0.15) is 6.33 Å². The number of nitro benzene ring substituents is 1. The maximum absolute atomic E-state index is 13.0. The fourth-order valence-electron chi connectivity index (χ4n) is 3.57. The summed E-state index contributed by atoms with van der Waals surface area (Å²) in [5.41, 5.74) is 0.273. The molecular formula is C18H21N5O3S. The summed E-state index contributed by atoms with van der Waals surface area (Å²) in [5.74, 6) is 1.04. The zero-order chi connectivity index (χ0) is 19.1. The van der Waals surface area contributed by atoms with E-state index >= 15 is 0 Å². The van der Waals surface area contributed by atoms with E-state index in [1.807, 2.05) is 11.9 Å². The summed E-state index contributed by atoms with van der Waals surface area (Å²) in [5, 5.41) is 19.9. The monoisotopic (exact) mass is 387 g/mol. The lowest BCUT2D eigenvalue weighted by Crippen LogP contribution is -2.40. The number of nitro groups is 1. The molecule has 0 N–H and O–H groups in total. The Bertz CT molecular complexity index is 879. The Labute approximate surface area is 161 Å². The van der Waals surface area contributed by atoms with Crippen LogP contribution in [0, 0.1) is 22.0 Å². The van der Waals surface area contributed by atoms with Crippen molar-refractivity contribution in [3.05, 3.63) is 40.2 Å². The molecule has 142 valence electrons. The Morgan fingerprint density at radius 1 is 1.33 bits per heavy atom. The summed E-state index contributed by atoms with van der Waals surface area (Å²) in [7, 11) is 3.61. The van der Waals surface area contributed by atoms with Gasteiger partial charge in [0.2, 0.25) is 0 Å². The van der Waals surface area contributed by atoms with Gasteiger partial charge >= 0.3 is 0 Å². The van der Waals surface area contributed by atoms with Crippen molar-refractivity contribution in [1.29, 1.82) is 0 Å². The summed E-state index contributed by atoms with van der Waals surface area (Å²) in [6, 6.07) is 4.95. The molecule has 0 bridgehead atoms. The minimum atomic E-state index is -0.450. The van der Waals surface area contributed by atoms with Crippen LogP contribution in [0.15, 0.2) is 34.6 Å². The molecule has 2 saturated carbocycles. The summed E-state index contributed by atoms with van der Waals surface area (Å²) < 4.78 is 1.69. The standard InChI is InChI=1S/C18H21N5O3S/c1-21-10-19-20-18(21)27-15-8-7-13(9-14(15)23(25)26)17(24)22(2)16(11-3-4-11)12-5-6-12/h7-12,16H,3-6H2,1-2H3. The minimum absolute atomic E-state index is 0.0864. The van der Waals surface area contributed by atoms with Crippen molar-refractivity contribution < 1.29 is 9.72 Å². The number of carbonyl (C=O) groups excluding carboxylic acids is 1. The van der Waals surface area contributed by atoms with E-state index in [2.05, 4.69) is 10.2 Å². The fraction of sp³-hybridized carbons (Fsp3) is 0.500. The molecule has 0 saturated heterocycles. The normalized spacial score (nSPS) is 16.6. The van der Waals surface area contributed by atoms with Gasteiger partial charge in [-0.2, -0.15) is 0 Å². The topological polar surface area (TPSA) is 94.2 Å². The molecular weight excluding hydrogens is 366 g/mol. The number of hydrogen-bond donors (Lipinski definition) is 0. The Hall–Kier alpha value is -2.42. The predicted octanol–water partition coefficient (Wildman–Crippen LogP) is 3.14. The van der Waals surface area contributed by atoms with Crippen LogP contribution in [0.5, 0.6) is 0 Å². The molecule has 0 radical (unpaired) electrons. The first-order chi connectivity index (χ1) is 13.0. The number of aryl methyl sites for hydroxylation is 1. The van der Waals surface area contributed by atoms with Crippen LogP contribution in [-0.2, 0) is 7.05 Å². The first-order valence-electron chi connectivity index (χ1n) is 9.03. The van der Waals surface area contributed by atoms with Crippen LogP contribution in [-0.4, -0.2) is 43.6 Å². The number of rotatable bonds is 7. The minimum Gasteiger partial charge on any atom is -0.338 e. The van der Waals surface area contributed by atoms with E-state index in [4.69, 9.17) is 0 Å². The molecule has 1 aromatic carbocycles. The molecule has 1 heterocycles. The third kappa shape index (κ3) is 3.69. The maximum atomic E-state index is 13.0. The lowest BCUT2D eigenvalue weighted by molar-refractivity contribution is -0.387. The molecule has 0 unspecified atom stereocenters. The van der Waals surface area contributed by atoms with E-state index in [1.54, 1.807) is 23.7 Å². The third-order valence-electron chi connectivity index (χ3n) is 5.25. The molecule has 27 heavy (non-hydrogen) atoms. The molecule has 2 aliphatic rings. The SMILES string of the molecule is CN(C(=O)c1ccc(Sc2nncn2C)c([N+](=O)[O-])c1)C(C1CC1)C1CC1. The molecule has 0 aliphatic heterocycles. The van der Waals surface area contributed by atoms with Crippen molar-refractivity contribution >= 4 is 23.4 Å². The summed E-state index contributed by atoms with van der Waals surface area (Å²) in [4.78, 5) is 26.4. The highest BCUT2D eigenvalue weighted by atomic mass is 32.2. The highest BCUT2D eigenvalue weighted by Crippen LogP contribution is 2.47. The van der Waals surface area contributed by atoms with Crippen LogP contribution < -0.4 is 0 Å². The van der Waals surface area contributed by atoms with Crippen molar-refractivity contribution in [2.24, 2.45) is 18.9 Å². The molecule has 0 spiro atoms. The molecule has 2 fully saturated rings. The Balaban J connectivity index is 1.59. The van der Waals surface area contributed by atoms with Gasteiger partial charge in [-0.3, -0.25) is 14.9 Å². The highest BCUT2D eigenvalue weighted by molar-refractivity contribution is 7.99. The lowest BCUT2D eigenvalue weighted by atomic mass is 10.0. The van der Waals surface area contributed by atoms with E-state index < -0.39 is 4.92 Å². The maximum Gasteiger partial charge on any atom is 0.284 e. The quantitative estimate of drug-likeness (QED) is 0.535. The van der Waals surface area contributed by atoms with Crippen LogP contribution in [0.25, 0.3) is 0 Å². The first-order valence-corrected chi connectivity index (χ1v) is 9.85. The molecule has 9 heteroatoms. The van der Waals surface area contributed by atoms with Crippen molar-refractivity contribution in [1.82, 2.24) is 19.7 Å². The van der Waals surface area contributed by atoms with Gasteiger partial charge in [-0.15, -0.1) is 10.2 Å². The van der Waals surface area contributed by atoms with Crippen molar-refractivity contribution in [3.8, 4) is 0 Å². The van der Waals surface area contributed by atoms with Gasteiger partial charge in [0.15, 0.2) is 5.16 Å². The smallest absolute Gasteiger partial charge is 0.284 e. The van der Waals surface area contributed by atoms with E-state index in [1.165, 1.54) is 38.1 Å². The molecule has 2 aromatic rings. The van der Waals surface area contributed by atoms with Crippen molar-refractivity contribution in [2.45, 2.75) is 41.8 Å². The van der Waals surface area contributed by atoms with Gasteiger partial charge < -0.3 is 9.47 Å². The molecule has 0 atom stereocenters. The number of aromatic nitrogens is 3. The molecule has 1 amide bonds. The fourth-order valence-corrected chi connectivity index (χ4v) is 4.42. The average Bonchev–Trinajstić information content (AvgIpc) is 3.57. The van der Waals surface area contributed by atoms with Crippen LogP contribution in [0.4, 0.5) is 5.69 Å². The largest absolute Gasteiger partial charge is 0.338 e. The van der Waals surface area contributed by atoms with Gasteiger partial charge in [0.25, 0.3) is 11.6 Å². The van der Waals surface area contributed by atoms with E-state index in [9.17, 15) is 14.9 Å². The van der Waals surface area contributed by atoms with Crippen LogP contribution in [0.3, 0.4) is 0 Å². The second-order valence-electron chi connectivity index (χ2n) is 7.35. The van der Waals surface area contributed by atoms with Gasteiger partial charge in [0, 0.05) is 31.8 Å². The van der Waals surface area contributed by atoms with Gasteiger partial charge in [-0.25, -0.2) is 0 Å². The number of benzene rings is 1. The molecule has 4 rings (SSSR count). The first kappa shape index (κ1) is 18.0. The Morgan fingerprint density at radius 3 is 2.52 bits per heavy atom. The zero-order valence-electron chi connectivity index (χ0n) is 15.2. The number of hydrogen-bond acceptors (Lipinski definition) is 6. The number of carbonyl (C=O) groups is 1. The Morgan fingerprint density at radius 2 is 2.00 bits per heavy atom. The number of amides is 1. The lowest BCUT2D eigenvalue weighted by Gasteiger charge is -2.28. The second kappa shape index (κ2) is 6.95. The third-order valence-corrected chi connectivity index (χ3v) is 6.37. The van der Waals surface area contributed by atoms with Gasteiger partial charge in [-0.1, -0.05) is 0 Å². The van der Waals surface area contributed by atoms with E-state index in [0.717, 1.165) is 11.8 Å². The molecule has 2 aliphatic carbocycles. The summed E-state index contributed by atoms with van der Waals surface area (Å²) >= 11 is 1.16. The zero-order valence-corrected chi connectivity index (χ0v) is 16.1. The summed E-state index contributed by atoms with van der Waals surface area (Å²) in [6.07, 6.45) is 6.23. The van der Waals surface area contributed by atoms with Crippen molar-refractivity contribution in [3.63, 3.8) is 0 Å². The molecule has 8 nitrogen and oxygen atoms in total. The van der Waals surface area contributed by atoms with E-state index in [-0.39, 0.29) is 17.6 Å². The predicted molar refractivity (Wildman–Crippen MR) is 99.6 cm³/mol. The van der Waals surface area contributed by atoms with E-state index in [0.29, 0.717) is 27.5 Å². The van der Waals surface area contributed by atoms with Crippen LogP contribution in [0.2, 0.25) is 0 Å². The van der Waals surface area contributed by atoms with Crippen LogP contribution in [0.1, 0.15) is 36.0 Å². The Kier molecular flexibility index (Phi) is 4.63. The van der Waals surface area contributed by atoms with Crippen molar-refractivity contribution in [2.75, 3.05) is 7.05 Å². The number of nitrogens with zero attached hydrogens (tertiary/aromatic N) is 5. The highest BCUT2D eigenvalue weighted by Gasteiger charge is 2.45. The second-order valence-corrected chi connectivity index (χ2v) is 8.36. The van der Waals surface area contributed by atoms with Gasteiger partial charge in [-0.05, 0) is 61.4 Å². The average molecular weight is 387 g/mol.